The van der Waals surface area contributed by atoms with Gasteiger partial charge in [0.2, 0.25) is 0 Å². The van der Waals surface area contributed by atoms with Gasteiger partial charge < -0.3 is 4.57 Å². The first kappa shape index (κ1) is 13.6. The van der Waals surface area contributed by atoms with Crippen LogP contribution in [0.4, 0.5) is 0 Å². The quantitative estimate of drug-likeness (QED) is 0.694. The predicted molar refractivity (Wildman–Crippen MR) is 84.1 cm³/mol. The number of halogens is 1. The first-order valence-corrected chi connectivity index (χ1v) is 6.89. The van der Waals surface area contributed by atoms with E-state index in [1.165, 1.54) is 6.07 Å². The Morgan fingerprint density at radius 3 is 2.48 bits per heavy atom. The van der Waals surface area contributed by atoms with Gasteiger partial charge in [0.15, 0.2) is 6.29 Å². The number of rotatable bonds is 3. The molecule has 3 nitrogen and oxygen atoms in total. The van der Waals surface area contributed by atoms with E-state index in [-0.39, 0.29) is 5.56 Å². The van der Waals surface area contributed by atoms with Crippen molar-refractivity contribution in [2.45, 2.75) is 6.54 Å². The molecule has 0 aliphatic rings. The molecular weight excluding hydrogens is 286 g/mol. The Morgan fingerprint density at radius 2 is 1.76 bits per heavy atom. The third kappa shape index (κ3) is 2.60. The highest BCUT2D eigenvalue weighted by Gasteiger charge is 2.08. The molecule has 104 valence electrons. The molecule has 0 aliphatic carbocycles. The van der Waals surface area contributed by atoms with Crippen LogP contribution in [0, 0.1) is 0 Å². The van der Waals surface area contributed by atoms with Gasteiger partial charge in [0.05, 0.1) is 12.1 Å². The minimum absolute atomic E-state index is 0.189. The number of pyridine rings is 1. The SMILES string of the molecule is O=Cc1cc(=O)n(Cc2ccc(Cl)cc2)c2ccccc12. The molecule has 0 aliphatic heterocycles. The van der Waals surface area contributed by atoms with Gasteiger partial charge in [0.1, 0.15) is 0 Å². The van der Waals surface area contributed by atoms with Crippen LogP contribution in [0.3, 0.4) is 0 Å². The summed E-state index contributed by atoms with van der Waals surface area (Å²) in [6.45, 7) is 0.440. The zero-order valence-corrected chi connectivity index (χ0v) is 11.9. The molecule has 3 aromatic rings. The summed E-state index contributed by atoms with van der Waals surface area (Å²) in [6.07, 6.45) is 0.719. The topological polar surface area (TPSA) is 39.1 Å². The maximum atomic E-state index is 12.3. The maximum absolute atomic E-state index is 12.3. The lowest BCUT2D eigenvalue weighted by atomic mass is 10.1. The summed E-state index contributed by atoms with van der Waals surface area (Å²) in [6, 6.07) is 16.1. The molecule has 4 heteroatoms. The van der Waals surface area contributed by atoms with Crippen LogP contribution in [-0.4, -0.2) is 10.9 Å². The van der Waals surface area contributed by atoms with E-state index >= 15 is 0 Å². The molecule has 0 amide bonds. The number of fused-ring (bicyclic) bond motifs is 1. The summed E-state index contributed by atoms with van der Waals surface area (Å²) < 4.78 is 1.66. The number of carbonyl (C=O) groups is 1. The fraction of sp³-hybridized carbons (Fsp3) is 0.0588. The average Bonchev–Trinajstić information content (AvgIpc) is 2.51. The van der Waals surface area contributed by atoms with Crippen LogP contribution in [0.1, 0.15) is 15.9 Å². The smallest absolute Gasteiger partial charge is 0.252 e. The molecule has 21 heavy (non-hydrogen) atoms. The number of para-hydroxylation sites is 1. The van der Waals surface area contributed by atoms with Crippen molar-refractivity contribution in [2.24, 2.45) is 0 Å². The zero-order chi connectivity index (χ0) is 14.8. The van der Waals surface area contributed by atoms with E-state index in [0.29, 0.717) is 17.1 Å². The van der Waals surface area contributed by atoms with Gasteiger partial charge in [-0.15, -0.1) is 0 Å². The molecule has 0 atom stereocenters. The number of aldehydes is 1. The number of hydrogen-bond donors (Lipinski definition) is 0. The van der Waals surface area contributed by atoms with Gasteiger partial charge in [-0.1, -0.05) is 41.9 Å². The van der Waals surface area contributed by atoms with Crippen molar-refractivity contribution >= 4 is 28.8 Å². The molecule has 0 bridgehead atoms. The van der Waals surface area contributed by atoms with E-state index < -0.39 is 0 Å². The zero-order valence-electron chi connectivity index (χ0n) is 11.1. The second-order valence-electron chi connectivity index (χ2n) is 4.79. The summed E-state index contributed by atoms with van der Waals surface area (Å²) in [4.78, 5) is 23.4. The third-order valence-electron chi connectivity index (χ3n) is 3.43. The van der Waals surface area contributed by atoms with Crippen molar-refractivity contribution in [2.75, 3.05) is 0 Å². The molecule has 0 saturated heterocycles. The first-order valence-electron chi connectivity index (χ1n) is 6.51. The Hall–Kier alpha value is -2.39. The second-order valence-corrected chi connectivity index (χ2v) is 5.22. The monoisotopic (exact) mass is 297 g/mol. The summed E-state index contributed by atoms with van der Waals surface area (Å²) >= 11 is 5.87. The minimum Gasteiger partial charge on any atom is -0.304 e. The molecule has 1 heterocycles. The summed E-state index contributed by atoms with van der Waals surface area (Å²) in [7, 11) is 0. The van der Waals surface area contributed by atoms with E-state index in [4.69, 9.17) is 11.6 Å². The Morgan fingerprint density at radius 1 is 1.05 bits per heavy atom. The molecule has 1 aromatic heterocycles. The molecule has 2 aromatic carbocycles. The highest BCUT2D eigenvalue weighted by Crippen LogP contribution is 2.17. The summed E-state index contributed by atoms with van der Waals surface area (Å²) in [5, 5.41) is 1.44. The lowest BCUT2D eigenvalue weighted by molar-refractivity contribution is 0.112. The molecule has 0 saturated carbocycles. The van der Waals surface area contributed by atoms with Gasteiger partial charge in [-0.05, 0) is 23.8 Å². The van der Waals surface area contributed by atoms with Crippen LogP contribution in [-0.2, 0) is 6.54 Å². The number of benzene rings is 2. The lowest BCUT2D eigenvalue weighted by Gasteiger charge is -2.11. The van der Waals surface area contributed by atoms with E-state index in [1.807, 2.05) is 36.4 Å². The molecular formula is C17H12ClNO2. The minimum atomic E-state index is -0.189. The Labute approximate surface area is 126 Å². The van der Waals surface area contributed by atoms with Crippen LogP contribution in [0.2, 0.25) is 5.02 Å². The van der Waals surface area contributed by atoms with Crippen molar-refractivity contribution < 1.29 is 4.79 Å². The van der Waals surface area contributed by atoms with Gasteiger partial charge >= 0.3 is 0 Å². The van der Waals surface area contributed by atoms with E-state index in [9.17, 15) is 9.59 Å². The number of hydrogen-bond acceptors (Lipinski definition) is 2. The fourth-order valence-corrected chi connectivity index (χ4v) is 2.52. The number of aromatic nitrogens is 1. The highest BCUT2D eigenvalue weighted by molar-refractivity contribution is 6.30. The highest BCUT2D eigenvalue weighted by atomic mass is 35.5. The standard InChI is InChI=1S/C17H12ClNO2/c18-14-7-5-12(6-8-14)10-19-16-4-2-1-3-15(16)13(11-20)9-17(19)21/h1-9,11H,10H2. The predicted octanol–water partition coefficient (Wildman–Crippen LogP) is 3.52. The average molecular weight is 298 g/mol. The summed E-state index contributed by atoms with van der Waals surface area (Å²) in [5.74, 6) is 0. The first-order chi connectivity index (χ1) is 10.2. The lowest BCUT2D eigenvalue weighted by Crippen LogP contribution is -2.21. The fourth-order valence-electron chi connectivity index (χ4n) is 2.39. The molecule has 0 radical (unpaired) electrons. The van der Waals surface area contributed by atoms with Gasteiger partial charge in [0.25, 0.3) is 5.56 Å². The number of nitrogens with zero attached hydrogens (tertiary/aromatic N) is 1. The Bertz CT molecular complexity index is 866. The van der Waals surface area contributed by atoms with Crippen LogP contribution < -0.4 is 5.56 Å². The second kappa shape index (κ2) is 5.54. The Kier molecular flexibility index (Phi) is 3.59. The maximum Gasteiger partial charge on any atom is 0.252 e. The van der Waals surface area contributed by atoms with Gasteiger partial charge in [0, 0.05) is 22.0 Å². The van der Waals surface area contributed by atoms with Gasteiger partial charge in [-0.2, -0.15) is 0 Å². The molecule has 0 N–H and O–H groups in total. The van der Waals surface area contributed by atoms with Gasteiger partial charge in [-0.25, -0.2) is 0 Å². The van der Waals surface area contributed by atoms with Gasteiger partial charge in [-0.3, -0.25) is 9.59 Å². The summed E-state index contributed by atoms with van der Waals surface area (Å²) in [5.41, 5.74) is 1.96. The Balaban J connectivity index is 2.18. The van der Waals surface area contributed by atoms with E-state index in [2.05, 4.69) is 0 Å². The third-order valence-corrected chi connectivity index (χ3v) is 3.68. The van der Waals surface area contributed by atoms with Crippen LogP contribution >= 0.6 is 11.6 Å². The molecule has 0 unspecified atom stereocenters. The largest absolute Gasteiger partial charge is 0.304 e. The van der Waals surface area contributed by atoms with Crippen molar-refractivity contribution in [3.63, 3.8) is 0 Å². The van der Waals surface area contributed by atoms with Crippen molar-refractivity contribution in [1.82, 2.24) is 4.57 Å². The molecule has 0 fully saturated rings. The van der Waals surface area contributed by atoms with Crippen molar-refractivity contribution in [3.05, 3.63) is 81.1 Å². The van der Waals surface area contributed by atoms with Crippen LogP contribution in [0.15, 0.2) is 59.4 Å². The van der Waals surface area contributed by atoms with E-state index in [0.717, 1.165) is 22.8 Å². The van der Waals surface area contributed by atoms with Crippen LogP contribution in [0.5, 0.6) is 0 Å². The van der Waals surface area contributed by atoms with Crippen LogP contribution in [0.25, 0.3) is 10.9 Å². The normalized spacial score (nSPS) is 10.7. The van der Waals surface area contributed by atoms with Crippen molar-refractivity contribution in [1.29, 1.82) is 0 Å². The molecule has 0 spiro atoms. The molecule has 3 rings (SSSR count). The van der Waals surface area contributed by atoms with E-state index in [1.54, 1.807) is 16.7 Å². The van der Waals surface area contributed by atoms with Crippen molar-refractivity contribution in [3.8, 4) is 0 Å². The number of carbonyl (C=O) groups excluding carboxylic acids is 1.